The van der Waals surface area contributed by atoms with Crippen molar-refractivity contribution in [1.82, 2.24) is 0 Å². The number of halogens is 1. The molecule has 0 bridgehead atoms. The lowest BCUT2D eigenvalue weighted by Crippen LogP contribution is -2.02. The minimum Gasteiger partial charge on any atom is -0.496 e. The molecule has 1 aromatic carbocycles. The van der Waals surface area contributed by atoms with Gasteiger partial charge in [-0.15, -0.1) is 0 Å². The van der Waals surface area contributed by atoms with Crippen LogP contribution >= 0.6 is 15.9 Å². The molecule has 3 heteroatoms. The molecule has 0 unspecified atom stereocenters. The van der Waals surface area contributed by atoms with E-state index >= 15 is 0 Å². The molecule has 0 radical (unpaired) electrons. The Morgan fingerprint density at radius 2 is 2.23 bits per heavy atom. The lowest BCUT2D eigenvalue weighted by Gasteiger charge is -2.07. The molecule has 0 aromatic heterocycles. The second-order valence-corrected chi connectivity index (χ2v) is 4.31. The van der Waals surface area contributed by atoms with Crippen LogP contribution in [0.2, 0.25) is 0 Å². The Bertz CT molecular complexity index is 327. The van der Waals surface area contributed by atoms with Crippen LogP contribution in [0.1, 0.15) is 17.9 Å². The SMILES string of the molecule is COc1cc(Br)ccc1[C@@H]1C[C@H]1N. The first kappa shape index (κ1) is 9.03. The average molecular weight is 242 g/mol. The summed E-state index contributed by atoms with van der Waals surface area (Å²) in [7, 11) is 1.69. The van der Waals surface area contributed by atoms with Gasteiger partial charge < -0.3 is 10.5 Å². The zero-order chi connectivity index (χ0) is 9.42. The van der Waals surface area contributed by atoms with Gasteiger partial charge in [0.15, 0.2) is 0 Å². The Kier molecular flexibility index (Phi) is 2.30. The van der Waals surface area contributed by atoms with Gasteiger partial charge in [0.05, 0.1) is 7.11 Å². The van der Waals surface area contributed by atoms with Crippen molar-refractivity contribution < 1.29 is 4.74 Å². The highest BCUT2D eigenvalue weighted by atomic mass is 79.9. The molecule has 2 rings (SSSR count). The fourth-order valence-electron chi connectivity index (χ4n) is 1.56. The van der Waals surface area contributed by atoms with Gasteiger partial charge in [0.25, 0.3) is 0 Å². The first-order valence-corrected chi connectivity index (χ1v) is 5.10. The van der Waals surface area contributed by atoms with Gasteiger partial charge in [-0.25, -0.2) is 0 Å². The Morgan fingerprint density at radius 1 is 1.54 bits per heavy atom. The van der Waals surface area contributed by atoms with E-state index in [9.17, 15) is 0 Å². The van der Waals surface area contributed by atoms with Crippen LogP contribution in [-0.2, 0) is 0 Å². The van der Waals surface area contributed by atoms with E-state index in [2.05, 4.69) is 22.0 Å². The topological polar surface area (TPSA) is 35.2 Å². The van der Waals surface area contributed by atoms with Crippen LogP contribution in [-0.4, -0.2) is 13.2 Å². The lowest BCUT2D eigenvalue weighted by molar-refractivity contribution is 0.409. The van der Waals surface area contributed by atoms with Crippen LogP contribution in [0.15, 0.2) is 22.7 Å². The highest BCUT2D eigenvalue weighted by molar-refractivity contribution is 9.10. The van der Waals surface area contributed by atoms with Gasteiger partial charge in [0, 0.05) is 16.4 Å². The van der Waals surface area contributed by atoms with E-state index in [1.165, 1.54) is 5.56 Å². The third kappa shape index (κ3) is 1.71. The molecule has 2 nitrogen and oxygen atoms in total. The number of benzene rings is 1. The van der Waals surface area contributed by atoms with Crippen molar-refractivity contribution in [1.29, 1.82) is 0 Å². The lowest BCUT2D eigenvalue weighted by atomic mass is 10.1. The molecule has 0 saturated heterocycles. The maximum absolute atomic E-state index is 5.79. The van der Waals surface area contributed by atoms with Crippen molar-refractivity contribution in [2.75, 3.05) is 7.11 Å². The van der Waals surface area contributed by atoms with Gasteiger partial charge in [-0.2, -0.15) is 0 Å². The largest absolute Gasteiger partial charge is 0.496 e. The van der Waals surface area contributed by atoms with Crippen LogP contribution in [0.5, 0.6) is 5.75 Å². The summed E-state index contributed by atoms with van der Waals surface area (Å²) in [5.41, 5.74) is 7.03. The number of hydrogen-bond acceptors (Lipinski definition) is 2. The van der Waals surface area contributed by atoms with E-state index in [0.717, 1.165) is 16.6 Å². The van der Waals surface area contributed by atoms with Crippen LogP contribution in [0.3, 0.4) is 0 Å². The Balaban J connectivity index is 2.34. The predicted molar refractivity (Wildman–Crippen MR) is 56.0 cm³/mol. The number of hydrogen-bond donors (Lipinski definition) is 1. The predicted octanol–water partition coefficient (Wildman–Crippen LogP) is 2.27. The summed E-state index contributed by atoms with van der Waals surface area (Å²) in [6.07, 6.45) is 1.08. The molecule has 1 fully saturated rings. The van der Waals surface area contributed by atoms with Gasteiger partial charge in [0.2, 0.25) is 0 Å². The highest BCUT2D eigenvalue weighted by Crippen LogP contribution is 2.43. The van der Waals surface area contributed by atoms with Crippen molar-refractivity contribution in [3.05, 3.63) is 28.2 Å². The summed E-state index contributed by atoms with van der Waals surface area (Å²) in [4.78, 5) is 0. The molecule has 13 heavy (non-hydrogen) atoms. The summed E-state index contributed by atoms with van der Waals surface area (Å²) in [6.45, 7) is 0. The smallest absolute Gasteiger partial charge is 0.123 e. The molecule has 0 spiro atoms. The van der Waals surface area contributed by atoms with Gasteiger partial charge in [-0.3, -0.25) is 0 Å². The number of nitrogens with two attached hydrogens (primary N) is 1. The quantitative estimate of drug-likeness (QED) is 0.863. The molecule has 0 amide bonds. The molecule has 2 N–H and O–H groups in total. The molecule has 1 aromatic rings. The van der Waals surface area contributed by atoms with Crippen molar-refractivity contribution in [2.45, 2.75) is 18.4 Å². The molecular formula is C10H12BrNO. The maximum Gasteiger partial charge on any atom is 0.123 e. The monoisotopic (exact) mass is 241 g/mol. The summed E-state index contributed by atoms with van der Waals surface area (Å²) < 4.78 is 6.33. The molecule has 0 aliphatic heterocycles. The van der Waals surface area contributed by atoms with E-state index in [4.69, 9.17) is 10.5 Å². The number of methoxy groups -OCH3 is 1. The first-order chi connectivity index (χ1) is 6.22. The Labute approximate surface area is 86.2 Å². The summed E-state index contributed by atoms with van der Waals surface area (Å²) in [6, 6.07) is 6.43. The molecule has 0 heterocycles. The zero-order valence-corrected chi connectivity index (χ0v) is 9.04. The van der Waals surface area contributed by atoms with Crippen LogP contribution in [0.25, 0.3) is 0 Å². The standard InChI is InChI=1S/C10H12BrNO/c1-13-10-4-6(11)2-3-7(10)8-5-9(8)12/h2-4,8-9H,5,12H2,1H3/t8-,9+/m0/s1. The molecule has 1 aliphatic rings. The minimum absolute atomic E-state index is 0.329. The second kappa shape index (κ2) is 3.31. The van der Waals surface area contributed by atoms with Crippen molar-refractivity contribution in [2.24, 2.45) is 5.73 Å². The third-order valence-corrected chi connectivity index (χ3v) is 2.93. The molecule has 70 valence electrons. The van der Waals surface area contributed by atoms with E-state index in [1.54, 1.807) is 7.11 Å². The van der Waals surface area contributed by atoms with E-state index in [0.29, 0.717) is 12.0 Å². The number of rotatable bonds is 2. The van der Waals surface area contributed by atoms with E-state index < -0.39 is 0 Å². The highest BCUT2D eigenvalue weighted by Gasteiger charge is 2.36. The minimum atomic E-state index is 0.329. The molecule has 1 aliphatic carbocycles. The van der Waals surface area contributed by atoms with Crippen molar-refractivity contribution >= 4 is 15.9 Å². The van der Waals surface area contributed by atoms with Gasteiger partial charge in [-0.05, 0) is 24.1 Å². The normalized spacial score (nSPS) is 25.8. The molecule has 2 atom stereocenters. The van der Waals surface area contributed by atoms with E-state index in [1.807, 2.05) is 12.1 Å². The fraction of sp³-hybridized carbons (Fsp3) is 0.400. The Morgan fingerprint density at radius 3 is 2.77 bits per heavy atom. The van der Waals surface area contributed by atoms with Crippen molar-refractivity contribution in [3.8, 4) is 5.75 Å². The van der Waals surface area contributed by atoms with Gasteiger partial charge in [0.1, 0.15) is 5.75 Å². The summed E-state index contributed by atoms with van der Waals surface area (Å²) in [5, 5.41) is 0. The maximum atomic E-state index is 5.79. The van der Waals surface area contributed by atoms with E-state index in [-0.39, 0.29) is 0 Å². The number of ether oxygens (including phenoxy) is 1. The van der Waals surface area contributed by atoms with Crippen LogP contribution in [0, 0.1) is 0 Å². The summed E-state index contributed by atoms with van der Waals surface area (Å²) in [5.74, 6) is 1.44. The fourth-order valence-corrected chi connectivity index (χ4v) is 1.90. The van der Waals surface area contributed by atoms with Gasteiger partial charge in [-0.1, -0.05) is 22.0 Å². The first-order valence-electron chi connectivity index (χ1n) is 4.31. The Hall–Kier alpha value is -0.540. The third-order valence-electron chi connectivity index (χ3n) is 2.43. The van der Waals surface area contributed by atoms with Gasteiger partial charge >= 0.3 is 0 Å². The second-order valence-electron chi connectivity index (χ2n) is 3.39. The molecular weight excluding hydrogens is 230 g/mol. The average Bonchev–Trinajstić information content (AvgIpc) is 2.82. The zero-order valence-electron chi connectivity index (χ0n) is 7.46. The molecule has 1 saturated carbocycles. The summed E-state index contributed by atoms with van der Waals surface area (Å²) >= 11 is 3.41. The van der Waals surface area contributed by atoms with Crippen LogP contribution in [0.4, 0.5) is 0 Å². The van der Waals surface area contributed by atoms with Crippen LogP contribution < -0.4 is 10.5 Å². The van der Waals surface area contributed by atoms with Crippen molar-refractivity contribution in [3.63, 3.8) is 0 Å².